The molecule has 0 aromatic carbocycles. The van der Waals surface area contributed by atoms with E-state index in [-0.39, 0.29) is 0 Å². The van der Waals surface area contributed by atoms with Crippen LogP contribution in [-0.4, -0.2) is 12.6 Å². The second kappa shape index (κ2) is 4.25. The van der Waals surface area contributed by atoms with Crippen LogP contribution in [0.5, 0.6) is 0 Å². The summed E-state index contributed by atoms with van der Waals surface area (Å²) in [5.41, 5.74) is 0. The Labute approximate surface area is 84.2 Å². The van der Waals surface area contributed by atoms with Crippen molar-refractivity contribution in [2.24, 2.45) is 5.92 Å². The van der Waals surface area contributed by atoms with E-state index in [0.717, 1.165) is 18.5 Å². The molecule has 0 unspecified atom stereocenters. The predicted octanol–water partition coefficient (Wildman–Crippen LogP) is 2.68. The van der Waals surface area contributed by atoms with E-state index < -0.39 is 0 Å². The monoisotopic (exact) mass is 195 g/mol. The third-order valence-electron chi connectivity index (χ3n) is 2.76. The molecule has 0 radical (unpaired) electrons. The molecular weight excluding hydrogens is 178 g/mol. The number of thiophene rings is 1. The quantitative estimate of drug-likeness (QED) is 0.779. The van der Waals surface area contributed by atoms with Gasteiger partial charge in [-0.3, -0.25) is 0 Å². The first kappa shape index (κ1) is 9.22. The molecule has 1 aromatic heterocycles. The second-order valence-electron chi connectivity index (χ2n) is 4.06. The highest BCUT2D eigenvalue weighted by Gasteiger charge is 2.23. The second-order valence-corrected chi connectivity index (χ2v) is 5.09. The minimum Gasteiger partial charge on any atom is -0.314 e. The van der Waals surface area contributed by atoms with Gasteiger partial charge in [0, 0.05) is 17.5 Å². The molecule has 0 spiro atoms. The largest absolute Gasteiger partial charge is 0.314 e. The van der Waals surface area contributed by atoms with Gasteiger partial charge in [-0.2, -0.15) is 0 Å². The lowest BCUT2D eigenvalue weighted by atomic mass is 9.82. The van der Waals surface area contributed by atoms with Crippen LogP contribution in [0.3, 0.4) is 0 Å². The van der Waals surface area contributed by atoms with E-state index in [9.17, 15) is 0 Å². The first-order valence-corrected chi connectivity index (χ1v) is 5.98. The van der Waals surface area contributed by atoms with E-state index in [4.69, 9.17) is 0 Å². The van der Waals surface area contributed by atoms with Crippen LogP contribution in [0.1, 0.15) is 24.6 Å². The SMILES string of the molecule is CC1CC(NCCc2cccs2)C1. The van der Waals surface area contributed by atoms with Crippen LogP contribution < -0.4 is 5.32 Å². The van der Waals surface area contributed by atoms with Crippen LogP contribution in [0.15, 0.2) is 17.5 Å². The fraction of sp³-hybridized carbons (Fsp3) is 0.636. The molecule has 1 nitrogen and oxygen atoms in total. The summed E-state index contributed by atoms with van der Waals surface area (Å²) in [6.07, 6.45) is 3.96. The number of hydrogen-bond donors (Lipinski definition) is 1. The molecule has 1 aliphatic carbocycles. The van der Waals surface area contributed by atoms with E-state index in [0.29, 0.717) is 0 Å². The molecule has 0 amide bonds. The summed E-state index contributed by atoms with van der Waals surface area (Å²) < 4.78 is 0. The van der Waals surface area contributed by atoms with Gasteiger partial charge >= 0.3 is 0 Å². The van der Waals surface area contributed by atoms with Gasteiger partial charge < -0.3 is 5.32 Å². The van der Waals surface area contributed by atoms with E-state index in [1.54, 1.807) is 0 Å². The van der Waals surface area contributed by atoms with Crippen molar-refractivity contribution in [1.82, 2.24) is 5.32 Å². The Bertz CT molecular complexity index is 237. The van der Waals surface area contributed by atoms with Gasteiger partial charge in [0.15, 0.2) is 0 Å². The fourth-order valence-electron chi connectivity index (χ4n) is 1.92. The molecule has 2 rings (SSSR count). The molecule has 13 heavy (non-hydrogen) atoms. The van der Waals surface area contributed by atoms with Gasteiger partial charge in [0.2, 0.25) is 0 Å². The van der Waals surface area contributed by atoms with Gasteiger partial charge in [-0.25, -0.2) is 0 Å². The maximum absolute atomic E-state index is 3.59. The summed E-state index contributed by atoms with van der Waals surface area (Å²) in [5, 5.41) is 5.75. The fourth-order valence-corrected chi connectivity index (χ4v) is 2.63. The smallest absolute Gasteiger partial charge is 0.00722 e. The molecule has 1 saturated carbocycles. The van der Waals surface area contributed by atoms with Crippen LogP contribution in [0, 0.1) is 5.92 Å². The van der Waals surface area contributed by atoms with Gasteiger partial charge in [0.1, 0.15) is 0 Å². The zero-order valence-electron chi connectivity index (χ0n) is 8.12. The molecule has 2 heteroatoms. The molecule has 1 N–H and O–H groups in total. The lowest BCUT2D eigenvalue weighted by Crippen LogP contribution is -2.40. The standard InChI is InChI=1S/C11H17NS/c1-9-7-10(8-9)12-5-4-11-3-2-6-13-11/h2-3,6,9-10,12H,4-5,7-8H2,1H3. The first-order chi connectivity index (χ1) is 6.34. The summed E-state index contributed by atoms with van der Waals surface area (Å²) in [6.45, 7) is 3.48. The molecule has 0 atom stereocenters. The maximum Gasteiger partial charge on any atom is 0.00722 e. The zero-order valence-corrected chi connectivity index (χ0v) is 8.94. The molecule has 0 bridgehead atoms. The van der Waals surface area contributed by atoms with E-state index in [1.165, 1.54) is 24.1 Å². The summed E-state index contributed by atoms with van der Waals surface area (Å²) >= 11 is 1.86. The topological polar surface area (TPSA) is 12.0 Å². The molecule has 1 heterocycles. The highest BCUT2D eigenvalue weighted by Crippen LogP contribution is 2.26. The Hall–Kier alpha value is -0.340. The van der Waals surface area contributed by atoms with Gasteiger partial charge in [-0.1, -0.05) is 13.0 Å². The molecule has 0 saturated heterocycles. The summed E-state index contributed by atoms with van der Waals surface area (Å²) in [5.74, 6) is 0.958. The Balaban J connectivity index is 1.59. The molecular formula is C11H17NS. The first-order valence-electron chi connectivity index (χ1n) is 5.10. The van der Waals surface area contributed by atoms with Gasteiger partial charge in [0.25, 0.3) is 0 Å². The Kier molecular flexibility index (Phi) is 3.01. The third-order valence-corrected chi connectivity index (χ3v) is 3.69. The third kappa shape index (κ3) is 2.55. The Morgan fingerprint density at radius 1 is 1.54 bits per heavy atom. The lowest BCUT2D eigenvalue weighted by molar-refractivity contribution is 0.243. The van der Waals surface area contributed by atoms with Gasteiger partial charge in [-0.05, 0) is 36.6 Å². The molecule has 0 aliphatic heterocycles. The molecule has 1 aliphatic rings. The molecule has 1 fully saturated rings. The van der Waals surface area contributed by atoms with E-state index in [2.05, 4.69) is 29.8 Å². The Morgan fingerprint density at radius 3 is 3.00 bits per heavy atom. The summed E-state index contributed by atoms with van der Waals surface area (Å²) in [7, 11) is 0. The van der Waals surface area contributed by atoms with Crippen LogP contribution in [0.2, 0.25) is 0 Å². The Morgan fingerprint density at radius 2 is 2.38 bits per heavy atom. The molecule has 72 valence electrons. The van der Waals surface area contributed by atoms with Crippen LogP contribution in [0.25, 0.3) is 0 Å². The average Bonchev–Trinajstić information content (AvgIpc) is 2.53. The zero-order chi connectivity index (χ0) is 9.10. The van der Waals surface area contributed by atoms with Crippen molar-refractivity contribution in [3.05, 3.63) is 22.4 Å². The number of hydrogen-bond acceptors (Lipinski definition) is 2. The highest BCUT2D eigenvalue weighted by molar-refractivity contribution is 7.09. The van der Waals surface area contributed by atoms with Gasteiger partial charge in [-0.15, -0.1) is 11.3 Å². The van der Waals surface area contributed by atoms with Crippen molar-refractivity contribution in [3.8, 4) is 0 Å². The van der Waals surface area contributed by atoms with Crippen molar-refractivity contribution in [2.75, 3.05) is 6.54 Å². The lowest BCUT2D eigenvalue weighted by Gasteiger charge is -2.33. The summed E-state index contributed by atoms with van der Waals surface area (Å²) in [4.78, 5) is 1.50. The maximum atomic E-state index is 3.59. The minimum atomic E-state index is 0.815. The van der Waals surface area contributed by atoms with Crippen LogP contribution >= 0.6 is 11.3 Å². The van der Waals surface area contributed by atoms with Crippen molar-refractivity contribution in [2.45, 2.75) is 32.2 Å². The summed E-state index contributed by atoms with van der Waals surface area (Å²) in [6, 6.07) is 5.16. The van der Waals surface area contributed by atoms with Crippen LogP contribution in [0.4, 0.5) is 0 Å². The van der Waals surface area contributed by atoms with E-state index >= 15 is 0 Å². The highest BCUT2D eigenvalue weighted by atomic mass is 32.1. The van der Waals surface area contributed by atoms with Gasteiger partial charge in [0.05, 0.1) is 0 Å². The van der Waals surface area contributed by atoms with Crippen molar-refractivity contribution in [3.63, 3.8) is 0 Å². The van der Waals surface area contributed by atoms with Crippen LogP contribution in [-0.2, 0) is 6.42 Å². The van der Waals surface area contributed by atoms with Crippen molar-refractivity contribution < 1.29 is 0 Å². The average molecular weight is 195 g/mol. The number of nitrogens with one attached hydrogen (secondary N) is 1. The normalized spacial score (nSPS) is 27.2. The number of rotatable bonds is 4. The molecule has 1 aromatic rings. The van der Waals surface area contributed by atoms with Crippen molar-refractivity contribution in [1.29, 1.82) is 0 Å². The van der Waals surface area contributed by atoms with Crippen molar-refractivity contribution >= 4 is 11.3 Å². The van der Waals surface area contributed by atoms with E-state index in [1.807, 2.05) is 11.3 Å². The minimum absolute atomic E-state index is 0.815. The predicted molar refractivity (Wildman–Crippen MR) is 58.2 cm³/mol.